The van der Waals surface area contributed by atoms with Gasteiger partial charge in [0.05, 0.1) is 10.6 Å². The minimum absolute atomic E-state index is 0.131. The van der Waals surface area contributed by atoms with Crippen LogP contribution in [-0.2, 0) is 11.3 Å². The molecule has 9 heteroatoms. The van der Waals surface area contributed by atoms with Crippen LogP contribution in [0.1, 0.15) is 19.3 Å². The molecule has 2 heterocycles. The van der Waals surface area contributed by atoms with E-state index in [0.29, 0.717) is 5.69 Å². The Balaban J connectivity index is 1.47. The lowest BCUT2D eigenvalue weighted by Gasteiger charge is -2.28. The lowest BCUT2D eigenvalue weighted by molar-refractivity contribution is -0.384. The maximum absolute atomic E-state index is 12.4. The maximum Gasteiger partial charge on any atom is 0.271 e. The van der Waals surface area contributed by atoms with Gasteiger partial charge in [-0.15, -0.1) is 0 Å². The molecule has 1 saturated heterocycles. The molecule has 0 unspecified atom stereocenters. The van der Waals surface area contributed by atoms with Gasteiger partial charge in [-0.3, -0.25) is 19.7 Å². The number of hydrogen-bond acceptors (Lipinski definition) is 6. The number of carbonyl (C=O) groups excluding carboxylic acids is 1. The summed E-state index contributed by atoms with van der Waals surface area (Å²) in [7, 11) is 0. The predicted octanol–water partition coefficient (Wildman–Crippen LogP) is 3.45. The molecule has 0 aliphatic carbocycles. The van der Waals surface area contributed by atoms with Crippen LogP contribution < -0.4 is 15.8 Å². The first-order valence-electron chi connectivity index (χ1n) is 10.5. The van der Waals surface area contributed by atoms with Crippen LogP contribution in [0.3, 0.4) is 0 Å². The van der Waals surface area contributed by atoms with E-state index in [2.05, 4.69) is 15.3 Å². The molecule has 2 aromatic carbocycles. The number of aromatic nitrogens is 2. The summed E-state index contributed by atoms with van der Waals surface area (Å²) in [4.78, 5) is 37.3. The number of nitro groups is 1. The van der Waals surface area contributed by atoms with Gasteiger partial charge in [-0.2, -0.15) is 5.10 Å². The van der Waals surface area contributed by atoms with Crippen molar-refractivity contribution in [2.75, 3.05) is 23.3 Å². The standard InChI is InChI=1S/C23H23N5O4/c29-22(24-18-5-4-6-20(15-18)28(31)32)16-27-23(30)12-11-21(25-27)17-7-9-19(10-8-17)26-13-2-1-3-14-26/h4-12,15H,1-3,13-14,16H2,(H,24,29). The Hall–Kier alpha value is -4.01. The molecular weight excluding hydrogens is 410 g/mol. The molecule has 4 rings (SSSR count). The van der Waals surface area contributed by atoms with Gasteiger partial charge >= 0.3 is 0 Å². The van der Waals surface area contributed by atoms with Crippen molar-refractivity contribution in [1.29, 1.82) is 0 Å². The summed E-state index contributed by atoms with van der Waals surface area (Å²) in [6.45, 7) is 1.81. The van der Waals surface area contributed by atoms with Gasteiger partial charge in [-0.25, -0.2) is 4.68 Å². The number of nitro benzene ring substituents is 1. The first kappa shape index (κ1) is 21.2. The number of nitrogens with zero attached hydrogens (tertiary/aromatic N) is 4. The van der Waals surface area contributed by atoms with Crippen molar-refractivity contribution in [1.82, 2.24) is 9.78 Å². The number of non-ortho nitro benzene ring substituents is 1. The van der Waals surface area contributed by atoms with Crippen LogP contribution >= 0.6 is 0 Å². The molecule has 0 bridgehead atoms. The fourth-order valence-corrected chi connectivity index (χ4v) is 3.75. The highest BCUT2D eigenvalue weighted by Crippen LogP contribution is 2.24. The predicted molar refractivity (Wildman–Crippen MR) is 122 cm³/mol. The maximum atomic E-state index is 12.4. The van der Waals surface area contributed by atoms with E-state index < -0.39 is 16.4 Å². The van der Waals surface area contributed by atoms with Crippen LogP contribution in [0, 0.1) is 10.1 Å². The van der Waals surface area contributed by atoms with Gasteiger partial charge in [0.1, 0.15) is 6.54 Å². The molecule has 164 valence electrons. The zero-order valence-electron chi connectivity index (χ0n) is 17.4. The average Bonchev–Trinajstić information content (AvgIpc) is 2.81. The first-order chi connectivity index (χ1) is 15.5. The van der Waals surface area contributed by atoms with E-state index in [9.17, 15) is 19.7 Å². The summed E-state index contributed by atoms with van der Waals surface area (Å²) in [6.07, 6.45) is 3.67. The largest absolute Gasteiger partial charge is 0.372 e. The minimum atomic E-state index is -0.540. The number of piperidine rings is 1. The second-order valence-corrected chi connectivity index (χ2v) is 7.66. The Morgan fingerprint density at radius 1 is 1.03 bits per heavy atom. The summed E-state index contributed by atoms with van der Waals surface area (Å²) < 4.78 is 1.08. The number of carbonyl (C=O) groups is 1. The fraction of sp³-hybridized carbons (Fsp3) is 0.261. The van der Waals surface area contributed by atoms with Crippen LogP contribution in [0.25, 0.3) is 11.3 Å². The molecule has 1 amide bonds. The molecular formula is C23H23N5O4. The second-order valence-electron chi connectivity index (χ2n) is 7.66. The van der Waals surface area contributed by atoms with Crippen molar-refractivity contribution in [3.05, 3.63) is 81.1 Å². The Morgan fingerprint density at radius 2 is 1.78 bits per heavy atom. The Labute approximate surface area is 184 Å². The summed E-state index contributed by atoms with van der Waals surface area (Å²) in [5.74, 6) is -0.502. The third kappa shape index (κ3) is 5.00. The van der Waals surface area contributed by atoms with E-state index in [1.807, 2.05) is 24.3 Å². The monoisotopic (exact) mass is 433 g/mol. The highest BCUT2D eigenvalue weighted by molar-refractivity contribution is 5.90. The summed E-state index contributed by atoms with van der Waals surface area (Å²) in [6, 6.07) is 16.6. The normalized spacial score (nSPS) is 13.6. The Morgan fingerprint density at radius 3 is 2.50 bits per heavy atom. The van der Waals surface area contributed by atoms with Crippen molar-refractivity contribution >= 4 is 23.0 Å². The summed E-state index contributed by atoms with van der Waals surface area (Å²) in [5, 5.41) is 17.8. The molecule has 1 aromatic heterocycles. The average molecular weight is 433 g/mol. The number of hydrogen-bond donors (Lipinski definition) is 1. The van der Waals surface area contributed by atoms with Crippen LogP contribution in [-0.4, -0.2) is 33.7 Å². The number of benzene rings is 2. The van der Waals surface area contributed by atoms with Gasteiger partial charge in [0, 0.05) is 48.2 Å². The van der Waals surface area contributed by atoms with E-state index >= 15 is 0 Å². The van der Waals surface area contributed by atoms with E-state index in [4.69, 9.17) is 0 Å². The van der Waals surface area contributed by atoms with Gasteiger partial charge in [0.25, 0.3) is 11.2 Å². The van der Waals surface area contributed by atoms with E-state index in [1.165, 1.54) is 43.5 Å². The van der Waals surface area contributed by atoms with Crippen molar-refractivity contribution in [2.24, 2.45) is 0 Å². The fourth-order valence-electron chi connectivity index (χ4n) is 3.75. The van der Waals surface area contributed by atoms with Crippen molar-refractivity contribution in [2.45, 2.75) is 25.8 Å². The van der Waals surface area contributed by atoms with Crippen LogP contribution in [0.5, 0.6) is 0 Å². The second kappa shape index (κ2) is 9.42. The van der Waals surface area contributed by atoms with Crippen molar-refractivity contribution < 1.29 is 9.72 Å². The first-order valence-corrected chi connectivity index (χ1v) is 10.5. The molecule has 0 atom stereocenters. The minimum Gasteiger partial charge on any atom is -0.372 e. The van der Waals surface area contributed by atoms with Crippen LogP contribution in [0.4, 0.5) is 17.1 Å². The van der Waals surface area contributed by atoms with Gasteiger partial charge in [0.15, 0.2) is 0 Å². The van der Waals surface area contributed by atoms with Gasteiger partial charge < -0.3 is 10.2 Å². The molecule has 0 spiro atoms. The third-order valence-corrected chi connectivity index (χ3v) is 5.39. The van der Waals surface area contributed by atoms with E-state index in [-0.39, 0.29) is 17.9 Å². The Kier molecular flexibility index (Phi) is 6.25. The smallest absolute Gasteiger partial charge is 0.271 e. The molecule has 1 N–H and O–H groups in total. The highest BCUT2D eigenvalue weighted by atomic mass is 16.6. The van der Waals surface area contributed by atoms with E-state index in [0.717, 1.165) is 29.0 Å². The van der Waals surface area contributed by atoms with Crippen molar-refractivity contribution in [3.8, 4) is 11.3 Å². The molecule has 3 aromatic rings. The Bertz CT molecular complexity index is 1180. The zero-order valence-corrected chi connectivity index (χ0v) is 17.4. The summed E-state index contributed by atoms with van der Waals surface area (Å²) in [5.41, 5.74) is 2.33. The third-order valence-electron chi connectivity index (χ3n) is 5.39. The number of amides is 1. The lowest BCUT2D eigenvalue weighted by atomic mass is 10.1. The SMILES string of the molecule is O=C(Cn1nc(-c2ccc(N3CCCCC3)cc2)ccc1=O)Nc1cccc([N+](=O)[O-])c1. The summed E-state index contributed by atoms with van der Waals surface area (Å²) >= 11 is 0. The highest BCUT2D eigenvalue weighted by Gasteiger charge is 2.13. The molecule has 9 nitrogen and oxygen atoms in total. The molecule has 0 radical (unpaired) electrons. The van der Waals surface area contributed by atoms with Gasteiger partial charge in [-0.1, -0.05) is 18.2 Å². The lowest BCUT2D eigenvalue weighted by Crippen LogP contribution is -2.29. The number of anilines is 2. The topological polar surface area (TPSA) is 110 Å². The van der Waals surface area contributed by atoms with Crippen LogP contribution in [0.15, 0.2) is 65.5 Å². The molecule has 0 saturated carbocycles. The van der Waals surface area contributed by atoms with E-state index in [1.54, 1.807) is 12.1 Å². The molecule has 32 heavy (non-hydrogen) atoms. The van der Waals surface area contributed by atoms with Gasteiger partial charge in [0.2, 0.25) is 5.91 Å². The zero-order chi connectivity index (χ0) is 22.5. The van der Waals surface area contributed by atoms with Crippen LogP contribution in [0.2, 0.25) is 0 Å². The molecule has 1 fully saturated rings. The molecule has 1 aliphatic rings. The number of nitrogens with one attached hydrogen (secondary N) is 1. The van der Waals surface area contributed by atoms with Crippen molar-refractivity contribution in [3.63, 3.8) is 0 Å². The molecule has 1 aliphatic heterocycles. The van der Waals surface area contributed by atoms with Gasteiger partial charge in [-0.05, 0) is 43.5 Å². The quantitative estimate of drug-likeness (QED) is 0.471. The number of rotatable bonds is 6.